The fourth-order valence-electron chi connectivity index (χ4n) is 0.988. The summed E-state index contributed by atoms with van der Waals surface area (Å²) in [5, 5.41) is 0. The number of aromatic nitrogens is 1. The van der Waals surface area contributed by atoms with Gasteiger partial charge in [0.2, 0.25) is 0 Å². The van der Waals surface area contributed by atoms with Gasteiger partial charge in [0.15, 0.2) is 15.5 Å². The average Bonchev–Trinajstić information content (AvgIpc) is 2.42. The van der Waals surface area contributed by atoms with Crippen LogP contribution in [0.2, 0.25) is 4.47 Å². The molecule has 0 radical (unpaired) electrons. The van der Waals surface area contributed by atoms with Gasteiger partial charge in [-0.3, -0.25) is 0 Å². The zero-order chi connectivity index (χ0) is 9.42. The molecule has 1 heterocycles. The Kier molecular flexibility index (Phi) is 2.33. The molecule has 0 spiro atoms. The van der Waals surface area contributed by atoms with E-state index >= 15 is 0 Å². The maximum Gasteiger partial charge on any atom is 0.186 e. The second-order valence-corrected chi connectivity index (χ2v) is 4.93. The first-order valence-corrected chi connectivity index (χ1v) is 5.64. The van der Waals surface area contributed by atoms with E-state index in [2.05, 4.69) is 4.98 Å². The van der Waals surface area contributed by atoms with Gasteiger partial charge in [0.1, 0.15) is 0 Å². The van der Waals surface area contributed by atoms with Gasteiger partial charge in [-0.2, -0.15) is 0 Å². The van der Waals surface area contributed by atoms with Crippen molar-refractivity contribution in [2.24, 2.45) is 0 Å². The number of thiazole rings is 1. The first-order valence-electron chi connectivity index (χ1n) is 3.34. The Balaban J connectivity index is 2.67. The topological polar surface area (TPSA) is 50.2 Å². The highest BCUT2D eigenvalue weighted by Gasteiger charge is 2.05. The van der Waals surface area contributed by atoms with Crippen molar-refractivity contribution < 1.29 is 8.76 Å². The normalized spacial score (nSPS) is 13.4. The molecule has 1 N–H and O–H groups in total. The zero-order valence-corrected chi connectivity index (χ0v) is 8.62. The molecule has 0 aliphatic carbocycles. The summed E-state index contributed by atoms with van der Waals surface area (Å²) in [6.45, 7) is 0. The second kappa shape index (κ2) is 3.34. The molecule has 0 fully saturated rings. The van der Waals surface area contributed by atoms with Crippen LogP contribution < -0.4 is 0 Å². The second-order valence-electron chi connectivity index (χ2n) is 2.35. The lowest BCUT2D eigenvalue weighted by Crippen LogP contribution is -1.86. The molecule has 68 valence electrons. The molecular weight excluding hydrogens is 230 g/mol. The lowest BCUT2D eigenvalue weighted by molar-refractivity contribution is 0.564. The minimum absolute atomic E-state index is 0.342. The minimum atomic E-state index is -1.95. The van der Waals surface area contributed by atoms with Gasteiger partial charge in [-0.25, -0.2) is 9.19 Å². The third kappa shape index (κ3) is 1.73. The third-order valence-electron chi connectivity index (χ3n) is 1.53. The first-order chi connectivity index (χ1) is 6.16. The molecule has 13 heavy (non-hydrogen) atoms. The molecule has 3 nitrogen and oxygen atoms in total. The maximum absolute atomic E-state index is 10.7. The van der Waals surface area contributed by atoms with Gasteiger partial charge >= 0.3 is 0 Å². The minimum Gasteiger partial charge on any atom is -0.302 e. The Morgan fingerprint density at radius 1 is 1.54 bits per heavy atom. The Morgan fingerprint density at radius 2 is 2.31 bits per heavy atom. The summed E-state index contributed by atoms with van der Waals surface area (Å²) in [6.07, 6.45) is 0. The fourth-order valence-corrected chi connectivity index (χ4v) is 2.40. The fraction of sp³-hybridized carbons (Fsp3) is 0. The van der Waals surface area contributed by atoms with E-state index < -0.39 is 11.1 Å². The average molecular weight is 234 g/mol. The van der Waals surface area contributed by atoms with Crippen molar-refractivity contribution >= 4 is 44.2 Å². The Bertz CT molecular complexity index is 482. The van der Waals surface area contributed by atoms with Crippen molar-refractivity contribution in [2.45, 2.75) is 4.90 Å². The molecule has 0 amide bonds. The van der Waals surface area contributed by atoms with Crippen LogP contribution in [0.5, 0.6) is 0 Å². The molecule has 2 aromatic rings. The molecule has 6 heteroatoms. The number of hydrogen-bond acceptors (Lipinski definition) is 3. The molecule has 1 atom stereocenters. The summed E-state index contributed by atoms with van der Waals surface area (Å²) in [7, 11) is 0. The zero-order valence-electron chi connectivity index (χ0n) is 6.23. The van der Waals surface area contributed by atoms with Crippen molar-refractivity contribution in [1.82, 2.24) is 4.98 Å². The highest BCUT2D eigenvalue weighted by atomic mass is 35.5. The smallest absolute Gasteiger partial charge is 0.186 e. The van der Waals surface area contributed by atoms with Crippen molar-refractivity contribution in [3.63, 3.8) is 0 Å². The molecule has 2 rings (SSSR count). The van der Waals surface area contributed by atoms with Crippen LogP contribution in [0.3, 0.4) is 0 Å². The number of hydrogen-bond donors (Lipinski definition) is 1. The van der Waals surface area contributed by atoms with Gasteiger partial charge in [-0.15, -0.1) is 11.3 Å². The van der Waals surface area contributed by atoms with Crippen molar-refractivity contribution in [2.75, 3.05) is 0 Å². The van der Waals surface area contributed by atoms with Crippen LogP contribution in [0.4, 0.5) is 0 Å². The van der Waals surface area contributed by atoms with Gasteiger partial charge in [0.05, 0.1) is 15.1 Å². The number of benzene rings is 1. The summed E-state index contributed by atoms with van der Waals surface area (Å²) in [5.74, 6) is 0. The van der Waals surface area contributed by atoms with Gasteiger partial charge in [0, 0.05) is 0 Å². The SMILES string of the molecule is O=S(O)c1ccc2sc(Cl)nc2c1. The largest absolute Gasteiger partial charge is 0.302 e. The monoisotopic (exact) mass is 233 g/mol. The Labute approximate surface area is 85.7 Å². The first kappa shape index (κ1) is 9.08. The maximum atomic E-state index is 10.7. The number of halogens is 1. The van der Waals surface area contributed by atoms with E-state index in [0.29, 0.717) is 14.9 Å². The quantitative estimate of drug-likeness (QED) is 0.770. The molecule has 0 bridgehead atoms. The Morgan fingerprint density at radius 3 is 3.00 bits per heavy atom. The van der Waals surface area contributed by atoms with Gasteiger partial charge in [0.25, 0.3) is 0 Å². The summed E-state index contributed by atoms with van der Waals surface area (Å²) in [6, 6.07) is 4.89. The van der Waals surface area contributed by atoms with Crippen LogP contribution in [0.15, 0.2) is 23.1 Å². The molecule has 0 aliphatic rings. The molecule has 1 unspecified atom stereocenters. The summed E-state index contributed by atoms with van der Waals surface area (Å²) >= 11 is 5.08. The highest BCUT2D eigenvalue weighted by molar-refractivity contribution is 7.79. The molecular formula is C7H4ClNO2S2. The summed E-state index contributed by atoms with van der Waals surface area (Å²) in [4.78, 5) is 4.34. The number of fused-ring (bicyclic) bond motifs is 1. The predicted octanol–water partition coefficient (Wildman–Crippen LogP) is 2.53. The van der Waals surface area contributed by atoms with Crippen LogP contribution in [-0.2, 0) is 11.1 Å². The standard InChI is InChI=1S/C7H4ClNO2S2/c8-7-9-5-3-4(13(10)11)1-2-6(5)12-7/h1-3H,(H,10,11). The van der Waals surface area contributed by atoms with Gasteiger partial charge < -0.3 is 4.55 Å². The van der Waals surface area contributed by atoms with Gasteiger partial charge in [-0.05, 0) is 18.2 Å². The van der Waals surface area contributed by atoms with E-state index in [4.69, 9.17) is 16.2 Å². The molecule has 0 saturated heterocycles. The van der Waals surface area contributed by atoms with Crippen LogP contribution in [-0.4, -0.2) is 13.7 Å². The summed E-state index contributed by atoms with van der Waals surface area (Å²) < 4.78 is 20.9. The lowest BCUT2D eigenvalue weighted by atomic mass is 10.3. The van der Waals surface area contributed by atoms with E-state index in [1.54, 1.807) is 18.2 Å². The van der Waals surface area contributed by atoms with E-state index in [1.807, 2.05) is 0 Å². The summed E-state index contributed by atoms with van der Waals surface area (Å²) in [5.41, 5.74) is 0.662. The van der Waals surface area contributed by atoms with Gasteiger partial charge in [-0.1, -0.05) is 11.6 Å². The van der Waals surface area contributed by atoms with Crippen LogP contribution >= 0.6 is 22.9 Å². The Hall–Kier alpha value is -0.490. The highest BCUT2D eigenvalue weighted by Crippen LogP contribution is 2.26. The van der Waals surface area contributed by atoms with Crippen molar-refractivity contribution in [3.05, 3.63) is 22.7 Å². The van der Waals surface area contributed by atoms with Crippen LogP contribution in [0.1, 0.15) is 0 Å². The van der Waals surface area contributed by atoms with Crippen molar-refractivity contribution in [3.8, 4) is 0 Å². The van der Waals surface area contributed by atoms with Crippen LogP contribution in [0, 0.1) is 0 Å². The van der Waals surface area contributed by atoms with Crippen molar-refractivity contribution in [1.29, 1.82) is 0 Å². The van der Waals surface area contributed by atoms with E-state index in [9.17, 15) is 4.21 Å². The number of nitrogens with zero attached hydrogens (tertiary/aromatic N) is 1. The number of rotatable bonds is 1. The van der Waals surface area contributed by atoms with E-state index in [1.165, 1.54) is 11.3 Å². The molecule has 1 aromatic heterocycles. The van der Waals surface area contributed by atoms with Crippen LogP contribution in [0.25, 0.3) is 10.2 Å². The predicted molar refractivity (Wildman–Crippen MR) is 53.7 cm³/mol. The molecule has 0 saturated carbocycles. The molecule has 1 aromatic carbocycles. The lowest BCUT2D eigenvalue weighted by Gasteiger charge is -1.92. The third-order valence-corrected chi connectivity index (χ3v) is 3.33. The van der Waals surface area contributed by atoms with E-state index in [-0.39, 0.29) is 0 Å². The molecule has 0 aliphatic heterocycles. The van der Waals surface area contributed by atoms with E-state index in [0.717, 1.165) is 4.70 Å².